The van der Waals surface area contributed by atoms with E-state index in [0.717, 1.165) is 46.0 Å². The van der Waals surface area contributed by atoms with E-state index >= 15 is 0 Å². The van der Waals surface area contributed by atoms with E-state index in [4.69, 9.17) is 0 Å². The van der Waals surface area contributed by atoms with Crippen molar-refractivity contribution in [2.75, 3.05) is 31.1 Å². The van der Waals surface area contributed by atoms with Crippen LogP contribution in [0, 0.1) is 13.8 Å². The Kier molecular flexibility index (Phi) is 6.07. The van der Waals surface area contributed by atoms with Crippen LogP contribution in [0.2, 0.25) is 0 Å². The lowest BCUT2D eigenvalue weighted by Gasteiger charge is -2.23. The van der Waals surface area contributed by atoms with Gasteiger partial charge in [-0.05, 0) is 38.0 Å². The van der Waals surface area contributed by atoms with Gasteiger partial charge in [-0.15, -0.1) is 11.3 Å². The van der Waals surface area contributed by atoms with Gasteiger partial charge in [-0.2, -0.15) is 13.2 Å². The Morgan fingerprint density at radius 1 is 1.12 bits per heavy atom. The largest absolute Gasteiger partial charge is 0.417 e. The number of aryl methyl sites for hydroxylation is 3. The third-order valence-electron chi connectivity index (χ3n) is 5.71. The summed E-state index contributed by atoms with van der Waals surface area (Å²) in [4.78, 5) is 31.7. The predicted octanol–water partition coefficient (Wildman–Crippen LogP) is 4.64. The summed E-state index contributed by atoms with van der Waals surface area (Å²) >= 11 is 1.40. The van der Waals surface area contributed by atoms with Crippen molar-refractivity contribution in [2.24, 2.45) is 0 Å². The van der Waals surface area contributed by atoms with Crippen molar-refractivity contribution in [3.8, 4) is 0 Å². The molecule has 0 aliphatic carbocycles. The number of halogens is 3. The number of carbonyl (C=O) groups excluding carboxylic acids is 1. The van der Waals surface area contributed by atoms with Gasteiger partial charge in [0.1, 0.15) is 16.5 Å². The number of alkyl halides is 3. The van der Waals surface area contributed by atoms with Gasteiger partial charge >= 0.3 is 6.18 Å². The molecule has 4 heterocycles. The maximum atomic E-state index is 13.3. The molecule has 0 N–H and O–H groups in total. The molecule has 3 aromatic heterocycles. The Morgan fingerprint density at radius 3 is 2.56 bits per heavy atom. The average molecular weight is 464 g/mol. The first-order valence-electron chi connectivity index (χ1n) is 10.5. The first-order valence-corrected chi connectivity index (χ1v) is 11.3. The summed E-state index contributed by atoms with van der Waals surface area (Å²) in [5, 5.41) is 0.945. The smallest absolute Gasteiger partial charge is 0.355 e. The molecule has 6 nitrogen and oxygen atoms in total. The van der Waals surface area contributed by atoms with Crippen molar-refractivity contribution >= 4 is 33.3 Å². The first kappa shape index (κ1) is 22.4. The molecule has 1 amide bonds. The summed E-state index contributed by atoms with van der Waals surface area (Å²) in [7, 11) is 0. The zero-order valence-corrected chi connectivity index (χ0v) is 19.0. The van der Waals surface area contributed by atoms with Crippen LogP contribution < -0.4 is 4.90 Å². The number of nitrogens with zero attached hydrogens (tertiary/aromatic N) is 5. The predicted molar refractivity (Wildman–Crippen MR) is 118 cm³/mol. The van der Waals surface area contributed by atoms with Crippen molar-refractivity contribution in [3.05, 3.63) is 45.9 Å². The lowest BCUT2D eigenvalue weighted by molar-refractivity contribution is -0.137. The van der Waals surface area contributed by atoms with E-state index in [-0.39, 0.29) is 5.91 Å². The zero-order valence-electron chi connectivity index (χ0n) is 18.2. The molecule has 0 spiro atoms. The van der Waals surface area contributed by atoms with Crippen molar-refractivity contribution in [1.82, 2.24) is 19.9 Å². The van der Waals surface area contributed by atoms with Gasteiger partial charge in [-0.3, -0.25) is 4.79 Å². The molecule has 0 atom stereocenters. The van der Waals surface area contributed by atoms with Crippen LogP contribution in [0.1, 0.15) is 45.7 Å². The van der Waals surface area contributed by atoms with Crippen LogP contribution in [0.4, 0.5) is 19.0 Å². The van der Waals surface area contributed by atoms with Crippen LogP contribution >= 0.6 is 11.3 Å². The maximum Gasteiger partial charge on any atom is 0.417 e. The number of amides is 1. The van der Waals surface area contributed by atoms with Gasteiger partial charge in [0.15, 0.2) is 0 Å². The Balaban J connectivity index is 1.52. The zero-order chi connectivity index (χ0) is 23.0. The van der Waals surface area contributed by atoms with Crippen molar-refractivity contribution < 1.29 is 18.0 Å². The number of carbonyl (C=O) groups is 1. The number of fused-ring (bicyclic) bond motifs is 1. The minimum Gasteiger partial charge on any atom is -0.355 e. The molecule has 10 heteroatoms. The summed E-state index contributed by atoms with van der Waals surface area (Å²) in [6.07, 6.45) is -2.11. The Morgan fingerprint density at radius 2 is 1.91 bits per heavy atom. The molecule has 0 unspecified atom stereocenters. The highest BCUT2D eigenvalue weighted by Crippen LogP contribution is 2.33. The van der Waals surface area contributed by atoms with E-state index in [1.807, 2.05) is 30.6 Å². The fraction of sp³-hybridized carbons (Fsp3) is 0.455. The van der Waals surface area contributed by atoms with Crippen LogP contribution in [0.3, 0.4) is 0 Å². The van der Waals surface area contributed by atoms with Crippen molar-refractivity contribution in [2.45, 2.75) is 39.8 Å². The highest BCUT2D eigenvalue weighted by atomic mass is 32.1. The number of rotatable bonds is 3. The maximum absolute atomic E-state index is 13.3. The first-order chi connectivity index (χ1) is 15.2. The standard InChI is InChI=1S/C22H24F3N5OS/c1-4-16-27-14(3)18-13(2)19(32-20(18)28-16)21(31)30-9-5-8-29(10-11-30)17-7-6-15(12-26-17)22(23,24)25/h6-7,12H,4-5,8-11H2,1-3H3. The lowest BCUT2D eigenvalue weighted by atomic mass is 10.1. The highest BCUT2D eigenvalue weighted by Gasteiger charge is 2.31. The molecule has 1 aliphatic rings. The van der Waals surface area contributed by atoms with Crippen molar-refractivity contribution in [1.29, 1.82) is 0 Å². The average Bonchev–Trinajstić information content (AvgIpc) is 2.93. The SMILES string of the molecule is CCc1nc(C)c2c(C)c(C(=O)N3CCCN(c4ccc(C(F)(F)F)cn4)CC3)sc2n1. The third kappa shape index (κ3) is 4.28. The summed E-state index contributed by atoms with van der Waals surface area (Å²) in [5.74, 6) is 1.22. The molecular formula is C22H24F3N5OS. The van der Waals surface area contributed by atoms with Crippen LogP contribution in [-0.4, -0.2) is 51.9 Å². The van der Waals surface area contributed by atoms with E-state index in [0.29, 0.717) is 43.3 Å². The van der Waals surface area contributed by atoms with Gasteiger partial charge in [0.05, 0.1) is 10.4 Å². The van der Waals surface area contributed by atoms with Gasteiger partial charge in [0.25, 0.3) is 5.91 Å². The summed E-state index contributed by atoms with van der Waals surface area (Å²) < 4.78 is 38.4. The van der Waals surface area contributed by atoms with Crippen LogP contribution in [0.5, 0.6) is 0 Å². The quantitative estimate of drug-likeness (QED) is 0.567. The normalized spacial score (nSPS) is 15.3. The molecule has 1 aliphatic heterocycles. The summed E-state index contributed by atoms with van der Waals surface area (Å²) in [5.41, 5.74) is 1.02. The summed E-state index contributed by atoms with van der Waals surface area (Å²) in [6, 6.07) is 2.44. The lowest BCUT2D eigenvalue weighted by Crippen LogP contribution is -2.35. The summed E-state index contributed by atoms with van der Waals surface area (Å²) in [6.45, 7) is 8.06. The van der Waals surface area contributed by atoms with Gasteiger partial charge in [0.2, 0.25) is 0 Å². The monoisotopic (exact) mass is 463 g/mol. The topological polar surface area (TPSA) is 62.2 Å². The fourth-order valence-corrected chi connectivity index (χ4v) is 5.21. The van der Waals surface area contributed by atoms with Gasteiger partial charge in [-0.25, -0.2) is 15.0 Å². The number of hydrogen-bond acceptors (Lipinski definition) is 6. The molecule has 0 saturated carbocycles. The van der Waals surface area contributed by atoms with Crippen molar-refractivity contribution in [3.63, 3.8) is 0 Å². The minimum atomic E-state index is -4.41. The molecule has 32 heavy (non-hydrogen) atoms. The Labute approximate surface area is 188 Å². The molecule has 3 aromatic rings. The second kappa shape index (κ2) is 8.65. The molecule has 1 fully saturated rings. The molecule has 1 saturated heterocycles. The molecular weight excluding hydrogens is 439 g/mol. The Hall–Kier alpha value is -2.75. The number of anilines is 1. The van der Waals surface area contributed by atoms with E-state index in [2.05, 4.69) is 15.0 Å². The van der Waals surface area contributed by atoms with Gasteiger partial charge in [-0.1, -0.05) is 6.92 Å². The van der Waals surface area contributed by atoms with E-state index in [9.17, 15) is 18.0 Å². The fourth-order valence-electron chi connectivity index (χ4n) is 3.99. The van der Waals surface area contributed by atoms with Gasteiger partial charge in [0, 0.05) is 49.9 Å². The number of aromatic nitrogens is 3. The van der Waals surface area contributed by atoms with E-state index in [1.165, 1.54) is 17.4 Å². The molecule has 0 bridgehead atoms. The number of hydrogen-bond donors (Lipinski definition) is 0. The second-order valence-corrected chi connectivity index (χ2v) is 8.85. The molecule has 4 rings (SSSR count). The van der Waals surface area contributed by atoms with E-state index < -0.39 is 11.7 Å². The van der Waals surface area contributed by atoms with E-state index in [1.54, 1.807) is 0 Å². The highest BCUT2D eigenvalue weighted by molar-refractivity contribution is 7.20. The van der Waals surface area contributed by atoms with Crippen LogP contribution in [0.15, 0.2) is 18.3 Å². The minimum absolute atomic E-state index is 0.0369. The van der Waals surface area contributed by atoms with Crippen LogP contribution in [0.25, 0.3) is 10.2 Å². The number of thiophene rings is 1. The number of pyridine rings is 1. The second-order valence-electron chi connectivity index (χ2n) is 7.85. The Bertz CT molecular complexity index is 1140. The third-order valence-corrected chi connectivity index (χ3v) is 6.88. The molecule has 170 valence electrons. The molecule has 0 aromatic carbocycles. The van der Waals surface area contributed by atoms with Gasteiger partial charge < -0.3 is 9.80 Å². The van der Waals surface area contributed by atoms with Crippen LogP contribution in [-0.2, 0) is 12.6 Å². The molecule has 0 radical (unpaired) electrons.